The zero-order chi connectivity index (χ0) is 22.9. The molecular weight excluding hydrogens is 416 g/mol. The summed E-state index contributed by atoms with van der Waals surface area (Å²) in [6.45, 7) is 13.4. The van der Waals surface area contributed by atoms with Crippen LogP contribution in [0.2, 0.25) is 0 Å². The molecule has 0 amide bonds. The van der Waals surface area contributed by atoms with Crippen molar-refractivity contribution in [3.8, 4) is 0 Å². The predicted molar refractivity (Wildman–Crippen MR) is 133 cm³/mol. The number of benzene rings is 1. The van der Waals surface area contributed by atoms with Gasteiger partial charge in [0.1, 0.15) is 12.2 Å². The summed E-state index contributed by atoms with van der Waals surface area (Å²) < 4.78 is 12.2. The fourth-order valence-corrected chi connectivity index (χ4v) is 7.00. The molecule has 3 nitrogen and oxygen atoms in total. The van der Waals surface area contributed by atoms with Crippen LogP contribution in [-0.2, 0) is 20.0 Å². The molecule has 0 radical (unpaired) electrons. The van der Waals surface area contributed by atoms with E-state index in [2.05, 4.69) is 58.5 Å². The van der Waals surface area contributed by atoms with Crippen LogP contribution < -0.4 is 0 Å². The summed E-state index contributed by atoms with van der Waals surface area (Å²) in [5.74, 6) is 4.60. The minimum Gasteiger partial charge on any atom is -0.491 e. The molecule has 4 rings (SSSR count). The molecule has 2 saturated carbocycles. The Labute approximate surface area is 198 Å². The van der Waals surface area contributed by atoms with E-state index in [0.29, 0.717) is 17.8 Å². The second-order valence-electron chi connectivity index (χ2n) is 10.7. The standard InChI is InChI=1S/C28H40O3S/c1-6-8-13-32-17-19-9-11-21(12-10-19)20(7-2)16-28(4,5)18(3)30-25-22-14-23-24(15-22)27(29)31-26(23)25/h9-12,20,22-26H,3,6-8,13-17H2,1-2,4-5H3. The number of esters is 1. The van der Waals surface area contributed by atoms with Gasteiger partial charge in [-0.3, -0.25) is 4.79 Å². The molecule has 1 saturated heterocycles. The molecule has 0 aromatic heterocycles. The van der Waals surface area contributed by atoms with Crippen LogP contribution in [-0.4, -0.2) is 23.9 Å². The lowest BCUT2D eigenvalue weighted by molar-refractivity contribution is -0.146. The summed E-state index contributed by atoms with van der Waals surface area (Å²) in [6.07, 6.45) is 6.61. The monoisotopic (exact) mass is 456 g/mol. The molecule has 0 spiro atoms. The van der Waals surface area contributed by atoms with E-state index in [9.17, 15) is 4.79 Å². The van der Waals surface area contributed by atoms with E-state index in [1.807, 2.05) is 11.8 Å². The third kappa shape index (κ3) is 4.76. The minimum absolute atomic E-state index is 0.000886. The van der Waals surface area contributed by atoms with Crippen LogP contribution in [0.4, 0.5) is 0 Å². The summed E-state index contributed by atoms with van der Waals surface area (Å²) in [4.78, 5) is 12.1. The number of rotatable bonds is 12. The van der Waals surface area contributed by atoms with Gasteiger partial charge in [-0.15, -0.1) is 0 Å². The highest BCUT2D eigenvalue weighted by Gasteiger charge is 2.63. The molecule has 4 heteroatoms. The van der Waals surface area contributed by atoms with Crippen LogP contribution in [0, 0.1) is 23.2 Å². The molecule has 1 aromatic carbocycles. The smallest absolute Gasteiger partial charge is 0.309 e. The van der Waals surface area contributed by atoms with Crippen LogP contribution in [0.25, 0.3) is 0 Å². The summed E-state index contributed by atoms with van der Waals surface area (Å²) in [7, 11) is 0. The lowest BCUT2D eigenvalue weighted by atomic mass is 9.77. The van der Waals surface area contributed by atoms with Gasteiger partial charge in [-0.25, -0.2) is 0 Å². The van der Waals surface area contributed by atoms with Crippen LogP contribution in [0.3, 0.4) is 0 Å². The molecule has 1 aromatic rings. The second-order valence-corrected chi connectivity index (χ2v) is 11.9. The number of allylic oxidation sites excluding steroid dienone is 1. The Balaban J connectivity index is 1.34. The first-order valence-corrected chi connectivity index (χ1v) is 13.7. The second kappa shape index (κ2) is 9.83. The molecule has 6 atom stereocenters. The van der Waals surface area contributed by atoms with Gasteiger partial charge in [-0.1, -0.05) is 65.0 Å². The largest absolute Gasteiger partial charge is 0.491 e. The van der Waals surface area contributed by atoms with Gasteiger partial charge in [0.25, 0.3) is 0 Å². The number of carbonyl (C=O) groups excluding carboxylic acids is 1. The average molecular weight is 457 g/mol. The Morgan fingerprint density at radius 3 is 2.69 bits per heavy atom. The van der Waals surface area contributed by atoms with Crippen LogP contribution in [0.1, 0.15) is 83.3 Å². The van der Waals surface area contributed by atoms with E-state index in [1.54, 1.807) is 0 Å². The van der Waals surface area contributed by atoms with E-state index in [4.69, 9.17) is 9.47 Å². The maximum atomic E-state index is 12.1. The molecule has 1 heterocycles. The van der Waals surface area contributed by atoms with Crippen molar-refractivity contribution in [3.63, 3.8) is 0 Å². The van der Waals surface area contributed by atoms with Crippen molar-refractivity contribution in [2.45, 2.75) is 90.1 Å². The van der Waals surface area contributed by atoms with Crippen molar-refractivity contribution >= 4 is 17.7 Å². The van der Waals surface area contributed by atoms with Gasteiger partial charge in [0.2, 0.25) is 0 Å². The van der Waals surface area contributed by atoms with Gasteiger partial charge in [-0.05, 0) is 54.9 Å². The van der Waals surface area contributed by atoms with E-state index >= 15 is 0 Å². The van der Waals surface area contributed by atoms with E-state index in [0.717, 1.165) is 37.2 Å². The maximum absolute atomic E-state index is 12.1. The Morgan fingerprint density at radius 1 is 1.25 bits per heavy atom. The fraction of sp³-hybridized carbons (Fsp3) is 0.679. The highest BCUT2D eigenvalue weighted by molar-refractivity contribution is 7.98. The van der Waals surface area contributed by atoms with Gasteiger partial charge >= 0.3 is 5.97 Å². The lowest BCUT2D eigenvalue weighted by Gasteiger charge is -2.35. The molecule has 1 aliphatic heterocycles. The topological polar surface area (TPSA) is 35.5 Å². The number of carbonyl (C=O) groups is 1. The number of hydrogen-bond acceptors (Lipinski definition) is 4. The molecule has 176 valence electrons. The quantitative estimate of drug-likeness (QED) is 0.191. The van der Waals surface area contributed by atoms with Crippen molar-refractivity contribution < 1.29 is 14.3 Å². The normalized spacial score (nSPS) is 29.2. The number of thioether (sulfide) groups is 1. The number of ether oxygens (including phenoxy) is 2. The third-order valence-corrected chi connectivity index (χ3v) is 9.17. The van der Waals surface area contributed by atoms with Crippen molar-refractivity contribution in [2.24, 2.45) is 23.2 Å². The zero-order valence-electron chi connectivity index (χ0n) is 20.3. The van der Waals surface area contributed by atoms with Gasteiger partial charge < -0.3 is 9.47 Å². The highest BCUT2D eigenvalue weighted by Crippen LogP contribution is 2.56. The first-order valence-electron chi connectivity index (χ1n) is 12.6. The molecule has 2 aliphatic carbocycles. The number of unbranched alkanes of at least 4 members (excludes halogenated alkanes) is 1. The number of hydrogen-bond donors (Lipinski definition) is 0. The Kier molecular flexibility index (Phi) is 7.29. The first kappa shape index (κ1) is 23.7. The summed E-state index contributed by atoms with van der Waals surface area (Å²) in [6, 6.07) is 9.24. The van der Waals surface area contributed by atoms with E-state index in [1.165, 1.54) is 29.7 Å². The van der Waals surface area contributed by atoms with Crippen LogP contribution in [0.15, 0.2) is 36.6 Å². The molecule has 3 fully saturated rings. The van der Waals surface area contributed by atoms with E-state index in [-0.39, 0.29) is 29.5 Å². The minimum atomic E-state index is -0.140. The highest BCUT2D eigenvalue weighted by atomic mass is 32.2. The summed E-state index contributed by atoms with van der Waals surface area (Å²) >= 11 is 2.03. The van der Waals surface area contributed by atoms with Crippen LogP contribution in [0.5, 0.6) is 0 Å². The maximum Gasteiger partial charge on any atom is 0.309 e. The molecular formula is C28H40O3S. The molecule has 2 bridgehead atoms. The van der Waals surface area contributed by atoms with Crippen LogP contribution >= 0.6 is 11.8 Å². The van der Waals surface area contributed by atoms with Gasteiger partial charge in [-0.2, -0.15) is 11.8 Å². The molecule has 0 N–H and O–H groups in total. The first-order chi connectivity index (χ1) is 15.3. The SMILES string of the molecule is C=C(OC1C2CC3C(=O)OC1C3C2)C(C)(C)CC(CC)c1ccc(CSCCCC)cc1. The van der Waals surface area contributed by atoms with Gasteiger partial charge in [0.05, 0.1) is 11.7 Å². The fourth-order valence-electron chi connectivity index (χ4n) is 5.94. The van der Waals surface area contributed by atoms with Gasteiger partial charge in [0, 0.05) is 23.0 Å². The zero-order valence-corrected chi connectivity index (χ0v) is 21.1. The van der Waals surface area contributed by atoms with E-state index < -0.39 is 0 Å². The molecule has 6 unspecified atom stereocenters. The summed E-state index contributed by atoms with van der Waals surface area (Å²) in [5, 5.41) is 0. The molecule has 32 heavy (non-hydrogen) atoms. The Hall–Kier alpha value is -1.42. The Morgan fingerprint density at radius 2 is 2.00 bits per heavy atom. The third-order valence-electron chi connectivity index (χ3n) is 8.06. The average Bonchev–Trinajstić information content (AvgIpc) is 3.41. The predicted octanol–water partition coefficient (Wildman–Crippen LogP) is 7.11. The van der Waals surface area contributed by atoms with Crippen molar-refractivity contribution in [1.29, 1.82) is 0 Å². The molecule has 3 aliphatic rings. The number of fused-ring (bicyclic) bond motifs is 1. The van der Waals surface area contributed by atoms with Crippen molar-refractivity contribution in [3.05, 3.63) is 47.7 Å². The lowest BCUT2D eigenvalue weighted by Crippen LogP contribution is -2.36. The summed E-state index contributed by atoms with van der Waals surface area (Å²) in [5.41, 5.74) is 2.68. The van der Waals surface area contributed by atoms with Crippen molar-refractivity contribution in [1.82, 2.24) is 0 Å². The van der Waals surface area contributed by atoms with Gasteiger partial charge in [0.15, 0.2) is 0 Å². The Bertz CT molecular complexity index is 814. The van der Waals surface area contributed by atoms with Crippen molar-refractivity contribution in [2.75, 3.05) is 5.75 Å².